The van der Waals surface area contributed by atoms with Crippen molar-refractivity contribution < 1.29 is 13.9 Å². The highest BCUT2D eigenvalue weighted by Gasteiger charge is 2.12. The van der Waals surface area contributed by atoms with Gasteiger partial charge in [0.1, 0.15) is 5.75 Å². The highest BCUT2D eigenvalue weighted by molar-refractivity contribution is 7.99. The zero-order valence-electron chi connectivity index (χ0n) is 14.2. The van der Waals surface area contributed by atoms with Crippen LogP contribution in [0.4, 0.5) is 5.69 Å². The van der Waals surface area contributed by atoms with Gasteiger partial charge in [-0.2, -0.15) is 0 Å². The summed E-state index contributed by atoms with van der Waals surface area (Å²) in [5.41, 5.74) is 1.48. The SMILES string of the molecule is COc1ccc(Cc2nnc(SCC(=O)Nc3cc(Cl)ccc3Cl)o2)cc1. The number of ether oxygens (including phenoxy) is 1. The van der Waals surface area contributed by atoms with Gasteiger partial charge in [0.15, 0.2) is 0 Å². The summed E-state index contributed by atoms with van der Waals surface area (Å²) in [6.07, 6.45) is 0.502. The van der Waals surface area contributed by atoms with Crippen LogP contribution < -0.4 is 10.1 Å². The third-order valence-electron chi connectivity index (χ3n) is 3.49. The maximum absolute atomic E-state index is 12.1. The molecule has 0 fully saturated rings. The number of nitrogens with one attached hydrogen (secondary N) is 1. The molecule has 1 N–H and O–H groups in total. The standard InChI is InChI=1S/C18H15Cl2N3O3S/c1-25-13-5-2-11(3-6-13)8-17-22-23-18(26-17)27-10-16(24)21-15-9-12(19)4-7-14(15)20/h2-7,9H,8,10H2,1H3,(H,21,24). The lowest BCUT2D eigenvalue weighted by atomic mass is 10.1. The molecule has 0 radical (unpaired) electrons. The van der Waals surface area contributed by atoms with E-state index in [4.69, 9.17) is 32.4 Å². The first kappa shape index (κ1) is 19.5. The molecule has 0 saturated heterocycles. The number of benzene rings is 2. The predicted octanol–water partition coefficient (Wildman–Crippen LogP) is 4.71. The second-order valence-corrected chi connectivity index (χ2v) is 7.22. The zero-order valence-corrected chi connectivity index (χ0v) is 16.6. The number of rotatable bonds is 7. The van der Waals surface area contributed by atoms with Crippen LogP contribution in [-0.4, -0.2) is 29.0 Å². The van der Waals surface area contributed by atoms with E-state index in [0.717, 1.165) is 23.1 Å². The van der Waals surface area contributed by atoms with Crippen molar-refractivity contribution in [2.24, 2.45) is 0 Å². The number of anilines is 1. The summed E-state index contributed by atoms with van der Waals surface area (Å²) in [7, 11) is 1.62. The van der Waals surface area contributed by atoms with Crippen molar-refractivity contribution in [3.63, 3.8) is 0 Å². The molecular weight excluding hydrogens is 409 g/mol. The van der Waals surface area contributed by atoms with Gasteiger partial charge < -0.3 is 14.5 Å². The molecule has 0 spiro atoms. The number of halogens is 2. The number of thioether (sulfide) groups is 1. The summed E-state index contributed by atoms with van der Waals surface area (Å²) in [6, 6.07) is 12.5. The minimum Gasteiger partial charge on any atom is -0.497 e. The Balaban J connectivity index is 1.52. The van der Waals surface area contributed by atoms with Crippen LogP contribution in [0.5, 0.6) is 5.75 Å². The second kappa shape index (κ2) is 9.12. The van der Waals surface area contributed by atoms with Crippen molar-refractivity contribution in [2.45, 2.75) is 11.6 Å². The summed E-state index contributed by atoms with van der Waals surface area (Å²) in [6.45, 7) is 0. The number of carbonyl (C=O) groups excluding carboxylic acids is 1. The largest absolute Gasteiger partial charge is 0.497 e. The summed E-state index contributed by atoms with van der Waals surface area (Å²) >= 11 is 13.1. The van der Waals surface area contributed by atoms with Crippen LogP contribution in [0.3, 0.4) is 0 Å². The fourth-order valence-electron chi connectivity index (χ4n) is 2.19. The van der Waals surface area contributed by atoms with Crippen LogP contribution in [0.1, 0.15) is 11.5 Å². The molecule has 0 aliphatic rings. The Morgan fingerprint density at radius 2 is 1.96 bits per heavy atom. The number of hydrogen-bond donors (Lipinski definition) is 1. The molecule has 0 aliphatic carbocycles. The topological polar surface area (TPSA) is 77.2 Å². The lowest BCUT2D eigenvalue weighted by molar-refractivity contribution is -0.113. The number of hydrogen-bond acceptors (Lipinski definition) is 6. The minimum absolute atomic E-state index is 0.104. The zero-order chi connectivity index (χ0) is 19.2. The van der Waals surface area contributed by atoms with E-state index < -0.39 is 0 Å². The number of nitrogens with zero attached hydrogens (tertiary/aromatic N) is 2. The van der Waals surface area contributed by atoms with Gasteiger partial charge in [0.2, 0.25) is 11.8 Å². The van der Waals surface area contributed by atoms with Gasteiger partial charge in [-0.3, -0.25) is 4.79 Å². The van der Waals surface area contributed by atoms with Gasteiger partial charge in [-0.15, -0.1) is 10.2 Å². The molecule has 27 heavy (non-hydrogen) atoms. The van der Waals surface area contributed by atoms with Crippen LogP contribution in [0, 0.1) is 0 Å². The maximum Gasteiger partial charge on any atom is 0.277 e. The molecule has 1 aromatic heterocycles. The first-order valence-corrected chi connectivity index (χ1v) is 9.60. The van der Waals surface area contributed by atoms with Crippen molar-refractivity contribution in [2.75, 3.05) is 18.2 Å². The van der Waals surface area contributed by atoms with E-state index in [1.807, 2.05) is 24.3 Å². The molecule has 1 heterocycles. The van der Waals surface area contributed by atoms with E-state index in [2.05, 4.69) is 15.5 Å². The molecule has 1 amide bonds. The van der Waals surface area contributed by atoms with E-state index >= 15 is 0 Å². The van der Waals surface area contributed by atoms with Crippen LogP contribution in [-0.2, 0) is 11.2 Å². The van der Waals surface area contributed by atoms with Crippen molar-refractivity contribution >= 4 is 46.6 Å². The lowest BCUT2D eigenvalue weighted by Gasteiger charge is -2.06. The Kier molecular flexibility index (Phi) is 6.60. The predicted molar refractivity (Wildman–Crippen MR) is 106 cm³/mol. The van der Waals surface area contributed by atoms with Crippen LogP contribution >= 0.6 is 35.0 Å². The van der Waals surface area contributed by atoms with Gasteiger partial charge in [0.25, 0.3) is 5.22 Å². The van der Waals surface area contributed by atoms with Crippen molar-refractivity contribution in [1.82, 2.24) is 10.2 Å². The summed E-state index contributed by atoms with van der Waals surface area (Å²) in [4.78, 5) is 12.1. The van der Waals surface area contributed by atoms with E-state index in [0.29, 0.717) is 33.3 Å². The number of carbonyl (C=O) groups is 1. The maximum atomic E-state index is 12.1. The molecule has 6 nitrogen and oxygen atoms in total. The Hall–Kier alpha value is -2.22. The quantitative estimate of drug-likeness (QED) is 0.554. The van der Waals surface area contributed by atoms with Gasteiger partial charge in [-0.05, 0) is 35.9 Å². The molecule has 140 valence electrons. The van der Waals surface area contributed by atoms with E-state index in [-0.39, 0.29) is 11.7 Å². The summed E-state index contributed by atoms with van der Waals surface area (Å²) in [5, 5.41) is 11.9. The monoisotopic (exact) mass is 423 g/mol. The molecule has 0 atom stereocenters. The Morgan fingerprint density at radius 1 is 1.19 bits per heavy atom. The molecule has 0 unspecified atom stereocenters. The Bertz CT molecular complexity index is 932. The van der Waals surface area contributed by atoms with Gasteiger partial charge in [-0.25, -0.2) is 0 Å². The van der Waals surface area contributed by atoms with Crippen LogP contribution in [0.15, 0.2) is 52.1 Å². The average molecular weight is 424 g/mol. The minimum atomic E-state index is -0.251. The average Bonchev–Trinajstić information content (AvgIpc) is 3.11. The first-order chi connectivity index (χ1) is 13.0. The van der Waals surface area contributed by atoms with Gasteiger partial charge >= 0.3 is 0 Å². The molecule has 2 aromatic carbocycles. The van der Waals surface area contributed by atoms with Crippen LogP contribution in [0.2, 0.25) is 10.0 Å². The summed E-state index contributed by atoms with van der Waals surface area (Å²) < 4.78 is 10.7. The smallest absolute Gasteiger partial charge is 0.277 e. The molecule has 0 saturated carbocycles. The Morgan fingerprint density at radius 3 is 2.70 bits per heavy atom. The van der Waals surface area contributed by atoms with E-state index in [9.17, 15) is 4.79 Å². The number of methoxy groups -OCH3 is 1. The molecule has 0 bridgehead atoms. The van der Waals surface area contributed by atoms with Crippen molar-refractivity contribution in [3.05, 3.63) is 64.0 Å². The fourth-order valence-corrected chi connectivity index (χ4v) is 3.11. The molecule has 0 aliphatic heterocycles. The highest BCUT2D eigenvalue weighted by Crippen LogP contribution is 2.26. The third kappa shape index (κ3) is 5.63. The first-order valence-electron chi connectivity index (χ1n) is 7.86. The van der Waals surface area contributed by atoms with E-state index in [1.165, 1.54) is 0 Å². The van der Waals surface area contributed by atoms with Gasteiger partial charge in [0.05, 0.1) is 30.0 Å². The normalized spacial score (nSPS) is 10.6. The van der Waals surface area contributed by atoms with E-state index in [1.54, 1.807) is 25.3 Å². The number of amides is 1. The molecule has 3 aromatic rings. The second-order valence-electron chi connectivity index (χ2n) is 5.45. The Labute approximate surface area is 170 Å². The van der Waals surface area contributed by atoms with Crippen LogP contribution in [0.25, 0.3) is 0 Å². The van der Waals surface area contributed by atoms with Crippen molar-refractivity contribution in [1.29, 1.82) is 0 Å². The molecule has 3 rings (SSSR count). The van der Waals surface area contributed by atoms with Crippen molar-refractivity contribution in [3.8, 4) is 5.75 Å². The highest BCUT2D eigenvalue weighted by atomic mass is 35.5. The summed E-state index contributed by atoms with van der Waals surface area (Å²) in [5.74, 6) is 1.11. The lowest BCUT2D eigenvalue weighted by Crippen LogP contribution is -2.14. The third-order valence-corrected chi connectivity index (χ3v) is 4.88. The molecular formula is C18H15Cl2N3O3S. The van der Waals surface area contributed by atoms with Gasteiger partial charge in [0, 0.05) is 5.02 Å². The fraction of sp³-hybridized carbons (Fsp3) is 0.167. The number of aromatic nitrogens is 2. The van der Waals surface area contributed by atoms with Gasteiger partial charge in [-0.1, -0.05) is 47.1 Å². The molecule has 9 heteroatoms.